The van der Waals surface area contributed by atoms with Crippen LogP contribution in [0.15, 0.2) is 73.2 Å². The number of Topliss-reactive ketones (excluding diaryl/α,β-unsaturated/α-hetero) is 1. The maximum absolute atomic E-state index is 13.8. The van der Waals surface area contributed by atoms with Gasteiger partial charge in [-0.3, -0.25) is 4.79 Å². The Labute approximate surface area is 632 Å². The van der Waals surface area contributed by atoms with Crippen LogP contribution in [0.25, 0.3) is 33.5 Å². The molecule has 104 heavy (non-hydrogen) atoms. The number of aliphatic hydroxyl groups excluding tert-OH is 3. The zero-order valence-electron chi connectivity index (χ0n) is 58.8. The fourth-order valence-corrected chi connectivity index (χ4v) is 17.6. The van der Waals surface area contributed by atoms with Crippen molar-refractivity contribution in [1.29, 1.82) is 0 Å². The first-order chi connectivity index (χ1) is 49.9. The number of likely N-dealkylation sites (tertiary alicyclic amines) is 3. The van der Waals surface area contributed by atoms with Crippen LogP contribution in [0.5, 0.6) is 0 Å². The van der Waals surface area contributed by atoms with Gasteiger partial charge in [0, 0.05) is 116 Å². The van der Waals surface area contributed by atoms with Gasteiger partial charge < -0.3 is 44.7 Å². The number of fused-ring (bicyclic) bond motifs is 3. The van der Waals surface area contributed by atoms with E-state index in [1.54, 1.807) is 54.2 Å². The van der Waals surface area contributed by atoms with E-state index < -0.39 is 17.9 Å². The van der Waals surface area contributed by atoms with E-state index >= 15 is 0 Å². The minimum atomic E-state index is -4.67. The molecule has 0 aliphatic carbocycles. The van der Waals surface area contributed by atoms with Crippen molar-refractivity contribution in [3.8, 4) is 0 Å². The molecule has 0 amide bonds. The predicted molar refractivity (Wildman–Crippen MR) is 402 cm³/mol. The summed E-state index contributed by atoms with van der Waals surface area (Å²) in [7, 11) is 0. The number of alkyl halides is 3. The Morgan fingerprint density at radius 2 is 0.817 bits per heavy atom. The Hall–Kier alpha value is -6.33. The number of β-amino-alcohol motifs (C(OH)–C–C–N with tert-alkyl or cyclic N) is 3. The normalized spacial score (nSPS) is 20.6. The molecule has 0 radical (unpaired) electrons. The van der Waals surface area contributed by atoms with Gasteiger partial charge in [0.15, 0.2) is 34.1 Å². The van der Waals surface area contributed by atoms with Crippen molar-refractivity contribution in [2.45, 2.75) is 97.4 Å². The third-order valence-corrected chi connectivity index (χ3v) is 23.5. The van der Waals surface area contributed by atoms with Crippen LogP contribution in [-0.2, 0) is 6.18 Å². The fourth-order valence-electron chi connectivity index (χ4n) is 15.9. The number of hydrogen-bond donors (Lipinski definition) is 3. The van der Waals surface area contributed by atoms with Crippen LogP contribution in [0.3, 0.4) is 0 Å². The lowest BCUT2D eigenvalue weighted by atomic mass is 9.80. The van der Waals surface area contributed by atoms with Gasteiger partial charge >= 0.3 is 6.18 Å². The summed E-state index contributed by atoms with van der Waals surface area (Å²) in [5.41, 5.74) is 4.92. The molecular formula is C73H87Cl6F3N18O4. The average Bonchev–Trinajstić information content (AvgIpc) is 1.56. The molecule has 6 aliphatic rings. The van der Waals surface area contributed by atoms with E-state index in [1.165, 1.54) is 43.5 Å². The average molecular weight is 1550 g/mol. The first-order valence-electron chi connectivity index (χ1n) is 35.8. The number of aromatic nitrogens is 12. The van der Waals surface area contributed by atoms with Crippen LogP contribution < -0.4 is 14.7 Å². The number of benzene rings is 3. The lowest BCUT2D eigenvalue weighted by molar-refractivity contribution is -0.140. The van der Waals surface area contributed by atoms with E-state index in [2.05, 4.69) is 56.6 Å². The van der Waals surface area contributed by atoms with Gasteiger partial charge in [-0.1, -0.05) is 87.8 Å². The van der Waals surface area contributed by atoms with E-state index in [0.29, 0.717) is 100 Å². The molecule has 15 rings (SSSR count). The predicted octanol–water partition coefficient (Wildman–Crippen LogP) is 13.2. The third kappa shape index (κ3) is 16.4. The van der Waals surface area contributed by atoms with Crippen molar-refractivity contribution in [3.05, 3.63) is 137 Å². The van der Waals surface area contributed by atoms with Crippen LogP contribution in [0.1, 0.15) is 123 Å². The molecule has 12 heterocycles. The Kier molecular flexibility index (Phi) is 23.8. The summed E-state index contributed by atoms with van der Waals surface area (Å²) in [5, 5.41) is 44.1. The number of aliphatic hydroxyl groups is 3. The first-order valence-corrected chi connectivity index (χ1v) is 38.1. The highest BCUT2D eigenvalue weighted by molar-refractivity contribution is 6.36. The molecule has 31 heteroatoms. The summed E-state index contributed by atoms with van der Waals surface area (Å²) >= 11 is 37.5. The van der Waals surface area contributed by atoms with Gasteiger partial charge in [0.1, 0.15) is 34.0 Å². The van der Waals surface area contributed by atoms with Crippen molar-refractivity contribution < 1.29 is 33.3 Å². The van der Waals surface area contributed by atoms with Crippen molar-refractivity contribution in [3.63, 3.8) is 0 Å². The molecule has 0 spiro atoms. The highest BCUT2D eigenvalue weighted by Gasteiger charge is 2.43. The SMILES string of the molecule is CC(=O)c1nn(C(C)c2ccc(Cl)cc2Cl)c2nc(N3CC(C4CCCN(CCO)C4)C3)cnc12.CC(c1ccc(Cl)cc1Cl)n1nc(C(F)(F)F)c2ncc(N3CC(C4CCCN(CCO)C4)C3)nc21.Cc1nn(C(C)c2ccc(Cl)cc2Cl)c2nc(N3CC(C4CCCN(CCO)C4)C3)cnc12. The standard InChI is InChI=1S/C25H30Cl2N6O2.C24H27Cl2F3N6O.C24H30Cl2N6O/c1-15(20-6-5-19(26)10-21(20)27)33-25-24(23(30-33)16(2)35)28-11-22(29-25)32-13-18(14-32)17-4-3-7-31(12-17)8-9-34;1-14(18-5-4-17(25)9-19(18)26)35-23-21(22(32-35)24(27,28)29)30-10-20(31-23)34-12-16(13-34)15-3-2-6-33(11-15)7-8-36;1-15-23-24(32(29-15)16(2)20-6-5-19(25)10-21(20)26)28-22(11-27-23)31-13-18(14-31)17-4-3-7-30(12-17)8-9-33/h5-6,10-11,15,17-18,34H,3-4,7-9,12-14H2,1-2H3;4-5,9-10,14-16,36H,2-3,6-8,11-13H2,1H3;5-6,10-11,16-18,33H,3-4,7-9,12-14H2,1-2H3. The summed E-state index contributed by atoms with van der Waals surface area (Å²) in [6.07, 6.45) is 7.51. The molecule has 3 aromatic carbocycles. The van der Waals surface area contributed by atoms with E-state index in [0.717, 1.165) is 144 Å². The monoisotopic (exact) mass is 1550 g/mol. The van der Waals surface area contributed by atoms with Gasteiger partial charge in [0.2, 0.25) is 0 Å². The Morgan fingerprint density at radius 3 is 1.17 bits per heavy atom. The van der Waals surface area contributed by atoms with Crippen LogP contribution in [0, 0.1) is 42.4 Å². The molecule has 6 aromatic heterocycles. The van der Waals surface area contributed by atoms with Gasteiger partial charge in [-0.15, -0.1) is 0 Å². The lowest BCUT2D eigenvalue weighted by Crippen LogP contribution is -2.54. The molecule has 0 bridgehead atoms. The topological polar surface area (TPSA) is 228 Å². The number of anilines is 3. The van der Waals surface area contributed by atoms with Crippen LogP contribution in [-0.4, -0.2) is 213 Å². The minimum absolute atomic E-state index is 0.0635. The molecule has 3 N–H and O–H groups in total. The Bertz CT molecular complexity index is 4520. The van der Waals surface area contributed by atoms with Gasteiger partial charge in [-0.2, -0.15) is 28.5 Å². The molecule has 6 unspecified atom stereocenters. The molecule has 22 nitrogen and oxygen atoms in total. The maximum Gasteiger partial charge on any atom is 0.437 e. The van der Waals surface area contributed by atoms with Gasteiger partial charge in [-0.05, 0) is 174 Å². The number of aryl methyl sites for hydroxylation is 1. The second-order valence-electron chi connectivity index (χ2n) is 28.7. The third-order valence-electron chi connectivity index (χ3n) is 21.9. The first kappa shape index (κ1) is 75.9. The molecule has 0 saturated carbocycles. The number of carbonyl (C=O) groups excluding carboxylic acids is 1. The molecule has 556 valence electrons. The number of rotatable bonds is 19. The quantitative estimate of drug-likeness (QED) is 0.0639. The summed E-state index contributed by atoms with van der Waals surface area (Å²) in [5.74, 6) is 5.70. The molecule has 6 saturated heterocycles. The number of piperidine rings is 3. The smallest absolute Gasteiger partial charge is 0.395 e. The lowest BCUT2D eigenvalue weighted by Gasteiger charge is -2.47. The number of carbonyl (C=O) groups is 1. The highest BCUT2D eigenvalue weighted by atomic mass is 35.5. The van der Waals surface area contributed by atoms with E-state index in [9.17, 15) is 33.3 Å². The number of halogens is 9. The van der Waals surface area contributed by atoms with Gasteiger partial charge in [0.25, 0.3) is 0 Å². The second kappa shape index (κ2) is 32.6. The number of ketones is 1. The summed E-state index contributed by atoms with van der Waals surface area (Å²) in [4.78, 5) is 54.0. The van der Waals surface area contributed by atoms with Crippen molar-refractivity contribution >= 4 is 126 Å². The van der Waals surface area contributed by atoms with Crippen molar-refractivity contribution in [2.24, 2.45) is 35.5 Å². The zero-order valence-corrected chi connectivity index (χ0v) is 63.3. The highest BCUT2D eigenvalue weighted by Crippen LogP contribution is 2.42. The molecule has 6 fully saturated rings. The Balaban J connectivity index is 0.000000139. The second-order valence-corrected chi connectivity index (χ2v) is 31.2. The molecular weight excluding hydrogens is 1460 g/mol. The van der Waals surface area contributed by atoms with Crippen molar-refractivity contribution in [2.75, 3.05) is 133 Å². The van der Waals surface area contributed by atoms with Gasteiger partial charge in [0.05, 0.1) is 62.2 Å². The molecule has 9 aromatic rings. The van der Waals surface area contributed by atoms with E-state index in [4.69, 9.17) is 89.7 Å². The van der Waals surface area contributed by atoms with Gasteiger partial charge in [-0.25, -0.2) is 43.9 Å². The van der Waals surface area contributed by atoms with E-state index in [1.807, 2.05) is 47.8 Å². The number of nitrogens with zero attached hydrogens (tertiary/aromatic N) is 18. The minimum Gasteiger partial charge on any atom is -0.395 e. The Morgan fingerprint density at radius 1 is 0.481 bits per heavy atom. The van der Waals surface area contributed by atoms with Crippen LogP contribution in [0.2, 0.25) is 30.1 Å². The largest absolute Gasteiger partial charge is 0.437 e. The summed E-state index contributed by atoms with van der Waals surface area (Å²) in [6.45, 7) is 23.8. The zero-order chi connectivity index (χ0) is 73.4. The summed E-state index contributed by atoms with van der Waals surface area (Å²) in [6, 6.07) is 14.8. The van der Waals surface area contributed by atoms with Crippen molar-refractivity contribution in [1.82, 2.24) is 73.9 Å². The number of hydrogen-bond acceptors (Lipinski definition) is 19. The van der Waals surface area contributed by atoms with E-state index in [-0.39, 0.29) is 48.9 Å². The van der Waals surface area contributed by atoms with Crippen LogP contribution >= 0.6 is 69.6 Å². The molecule has 6 atom stereocenters. The van der Waals surface area contributed by atoms with Crippen LogP contribution in [0.4, 0.5) is 30.6 Å². The summed E-state index contributed by atoms with van der Waals surface area (Å²) < 4.78 is 46.3. The molecule has 6 aliphatic heterocycles. The fraction of sp³-hybridized carbons (Fsp3) is 0.534. The maximum atomic E-state index is 13.8.